The minimum atomic E-state index is 0.382. The second kappa shape index (κ2) is 2.80. The number of carbonyl (C=O) groups is 1. The molecule has 1 fully saturated rings. The Morgan fingerprint density at radius 1 is 1.09 bits per heavy atom. The molecule has 0 radical (unpaired) electrons. The number of fused-ring (bicyclic) bond motifs is 2. The molecular formula is C10H14O. The van der Waals surface area contributed by atoms with Gasteiger partial charge >= 0.3 is 0 Å². The molecule has 2 rings (SSSR count). The van der Waals surface area contributed by atoms with E-state index in [4.69, 9.17) is 0 Å². The van der Waals surface area contributed by atoms with Crippen LogP contribution < -0.4 is 0 Å². The Balaban J connectivity index is 2.18. The van der Waals surface area contributed by atoms with Gasteiger partial charge in [0.05, 0.1) is 0 Å². The average molecular weight is 150 g/mol. The summed E-state index contributed by atoms with van der Waals surface area (Å²) in [5.74, 6) is 1.31. The number of rotatable bonds is 0. The Morgan fingerprint density at radius 2 is 1.64 bits per heavy atom. The summed E-state index contributed by atoms with van der Waals surface area (Å²) in [6.45, 7) is 0. The average Bonchev–Trinajstić information content (AvgIpc) is 2.17. The summed E-state index contributed by atoms with van der Waals surface area (Å²) >= 11 is 0. The Morgan fingerprint density at radius 3 is 2.18 bits per heavy atom. The minimum absolute atomic E-state index is 0.382. The first-order chi connectivity index (χ1) is 5.38. The molecule has 2 unspecified atom stereocenters. The van der Waals surface area contributed by atoms with E-state index in [2.05, 4.69) is 12.2 Å². The maximum absolute atomic E-state index is 11.6. The molecule has 2 aliphatic carbocycles. The third kappa shape index (κ3) is 1.24. The van der Waals surface area contributed by atoms with Crippen molar-refractivity contribution >= 4 is 5.78 Å². The first-order valence-electron chi connectivity index (χ1n) is 4.56. The molecule has 0 aliphatic heterocycles. The predicted octanol–water partition coefficient (Wildman–Crippen LogP) is 2.32. The number of hydrogen-bond donors (Lipinski definition) is 0. The molecule has 2 aliphatic rings. The number of allylic oxidation sites excluding steroid dienone is 2. The van der Waals surface area contributed by atoms with Crippen LogP contribution in [0.1, 0.15) is 32.1 Å². The SMILES string of the molecule is O=C1C2CC=CCC1CCC2. The molecule has 0 aromatic rings. The highest BCUT2D eigenvalue weighted by Crippen LogP contribution is 2.32. The number of ketones is 1. The summed E-state index contributed by atoms with van der Waals surface area (Å²) in [5, 5.41) is 0. The number of carbonyl (C=O) groups excluding carboxylic acids is 1. The van der Waals surface area contributed by atoms with Crippen LogP contribution in [0.4, 0.5) is 0 Å². The Bertz CT molecular complexity index is 175. The van der Waals surface area contributed by atoms with Crippen LogP contribution in [0, 0.1) is 11.8 Å². The fourth-order valence-electron chi connectivity index (χ4n) is 2.22. The monoisotopic (exact) mass is 150 g/mol. The first-order valence-corrected chi connectivity index (χ1v) is 4.56. The standard InChI is InChI=1S/C10H14O/c11-10-8-4-1-2-5-9(10)7-3-6-8/h1-2,8-9H,3-7H2. The highest BCUT2D eigenvalue weighted by Gasteiger charge is 2.30. The summed E-state index contributed by atoms with van der Waals surface area (Å²) in [6, 6.07) is 0. The molecule has 1 heteroatoms. The van der Waals surface area contributed by atoms with Gasteiger partial charge in [-0.1, -0.05) is 18.6 Å². The van der Waals surface area contributed by atoms with Crippen molar-refractivity contribution in [3.63, 3.8) is 0 Å². The van der Waals surface area contributed by atoms with Crippen molar-refractivity contribution in [3.05, 3.63) is 12.2 Å². The van der Waals surface area contributed by atoms with Crippen molar-refractivity contribution in [2.45, 2.75) is 32.1 Å². The van der Waals surface area contributed by atoms with Crippen LogP contribution in [0.15, 0.2) is 12.2 Å². The van der Waals surface area contributed by atoms with Gasteiger partial charge in [0.1, 0.15) is 5.78 Å². The van der Waals surface area contributed by atoms with Crippen LogP contribution in [0.3, 0.4) is 0 Å². The molecule has 0 aromatic carbocycles. The summed E-state index contributed by atoms with van der Waals surface area (Å²) in [5.41, 5.74) is 0. The van der Waals surface area contributed by atoms with E-state index >= 15 is 0 Å². The van der Waals surface area contributed by atoms with E-state index in [1.165, 1.54) is 6.42 Å². The molecule has 60 valence electrons. The van der Waals surface area contributed by atoms with E-state index in [0.29, 0.717) is 17.6 Å². The third-order valence-electron chi connectivity index (χ3n) is 2.92. The molecular weight excluding hydrogens is 136 g/mol. The molecule has 0 spiro atoms. The minimum Gasteiger partial charge on any atom is -0.299 e. The van der Waals surface area contributed by atoms with Crippen LogP contribution in [0.2, 0.25) is 0 Å². The largest absolute Gasteiger partial charge is 0.299 e. The van der Waals surface area contributed by atoms with Crippen molar-refractivity contribution in [1.29, 1.82) is 0 Å². The third-order valence-corrected chi connectivity index (χ3v) is 2.92. The predicted molar refractivity (Wildman–Crippen MR) is 44.2 cm³/mol. The molecule has 0 amide bonds. The fourth-order valence-corrected chi connectivity index (χ4v) is 2.22. The quantitative estimate of drug-likeness (QED) is 0.484. The van der Waals surface area contributed by atoms with Crippen molar-refractivity contribution in [2.24, 2.45) is 11.8 Å². The maximum Gasteiger partial charge on any atom is 0.139 e. The highest BCUT2D eigenvalue weighted by molar-refractivity contribution is 5.84. The van der Waals surface area contributed by atoms with Crippen LogP contribution in [0.5, 0.6) is 0 Å². The van der Waals surface area contributed by atoms with Crippen molar-refractivity contribution in [3.8, 4) is 0 Å². The van der Waals surface area contributed by atoms with E-state index in [1.54, 1.807) is 0 Å². The maximum atomic E-state index is 11.6. The molecule has 0 aromatic heterocycles. The zero-order valence-electron chi connectivity index (χ0n) is 6.75. The van der Waals surface area contributed by atoms with Gasteiger partial charge in [-0.25, -0.2) is 0 Å². The summed E-state index contributed by atoms with van der Waals surface area (Å²) in [4.78, 5) is 11.6. The van der Waals surface area contributed by atoms with Gasteiger partial charge < -0.3 is 0 Å². The smallest absolute Gasteiger partial charge is 0.139 e. The van der Waals surface area contributed by atoms with Gasteiger partial charge in [0.15, 0.2) is 0 Å². The second-order valence-corrected chi connectivity index (χ2v) is 3.67. The molecule has 0 heterocycles. The summed E-state index contributed by atoms with van der Waals surface area (Å²) in [6.07, 6.45) is 9.94. The van der Waals surface area contributed by atoms with Gasteiger partial charge in [-0.05, 0) is 25.7 Å². The normalized spacial score (nSPS) is 36.9. The molecule has 1 saturated carbocycles. The van der Waals surface area contributed by atoms with Crippen LogP contribution in [-0.4, -0.2) is 5.78 Å². The molecule has 2 atom stereocenters. The van der Waals surface area contributed by atoms with E-state index < -0.39 is 0 Å². The lowest BCUT2D eigenvalue weighted by molar-refractivity contribution is -0.128. The van der Waals surface area contributed by atoms with E-state index in [0.717, 1.165) is 25.7 Å². The second-order valence-electron chi connectivity index (χ2n) is 3.67. The van der Waals surface area contributed by atoms with Crippen LogP contribution in [0.25, 0.3) is 0 Å². The van der Waals surface area contributed by atoms with Gasteiger partial charge in [0, 0.05) is 11.8 Å². The van der Waals surface area contributed by atoms with Gasteiger partial charge in [0.25, 0.3) is 0 Å². The molecule has 0 N–H and O–H groups in total. The van der Waals surface area contributed by atoms with Gasteiger partial charge in [0.2, 0.25) is 0 Å². The highest BCUT2D eigenvalue weighted by atomic mass is 16.1. The van der Waals surface area contributed by atoms with E-state index in [9.17, 15) is 4.79 Å². The number of hydrogen-bond acceptors (Lipinski definition) is 1. The van der Waals surface area contributed by atoms with Crippen molar-refractivity contribution in [2.75, 3.05) is 0 Å². The number of Topliss-reactive ketones (excluding diaryl/α,β-unsaturated/α-hetero) is 1. The van der Waals surface area contributed by atoms with E-state index in [1.807, 2.05) is 0 Å². The topological polar surface area (TPSA) is 17.1 Å². The van der Waals surface area contributed by atoms with E-state index in [-0.39, 0.29) is 0 Å². The zero-order valence-corrected chi connectivity index (χ0v) is 6.75. The Hall–Kier alpha value is -0.590. The molecule has 2 bridgehead atoms. The lowest BCUT2D eigenvalue weighted by atomic mass is 9.79. The molecule has 1 nitrogen and oxygen atoms in total. The Kier molecular flexibility index (Phi) is 1.80. The first kappa shape index (κ1) is 7.08. The molecule has 0 saturated heterocycles. The van der Waals surface area contributed by atoms with Crippen molar-refractivity contribution in [1.82, 2.24) is 0 Å². The van der Waals surface area contributed by atoms with Gasteiger partial charge in [-0.15, -0.1) is 0 Å². The molecule has 11 heavy (non-hydrogen) atoms. The van der Waals surface area contributed by atoms with Crippen LogP contribution in [-0.2, 0) is 4.79 Å². The van der Waals surface area contributed by atoms with Crippen molar-refractivity contribution < 1.29 is 4.79 Å². The van der Waals surface area contributed by atoms with Gasteiger partial charge in [-0.3, -0.25) is 4.79 Å². The van der Waals surface area contributed by atoms with Crippen LogP contribution >= 0.6 is 0 Å². The Labute approximate surface area is 67.5 Å². The zero-order chi connectivity index (χ0) is 7.68. The van der Waals surface area contributed by atoms with Gasteiger partial charge in [-0.2, -0.15) is 0 Å². The lowest BCUT2D eigenvalue weighted by Crippen LogP contribution is -2.26. The lowest BCUT2D eigenvalue weighted by Gasteiger charge is -2.24. The fraction of sp³-hybridized carbons (Fsp3) is 0.700. The summed E-state index contributed by atoms with van der Waals surface area (Å²) in [7, 11) is 0. The summed E-state index contributed by atoms with van der Waals surface area (Å²) < 4.78 is 0.